The van der Waals surface area contributed by atoms with Gasteiger partial charge >= 0.3 is 0 Å². The van der Waals surface area contributed by atoms with Crippen molar-refractivity contribution in [3.8, 4) is 0 Å². The molecule has 8 heteroatoms. The van der Waals surface area contributed by atoms with Crippen molar-refractivity contribution in [2.45, 2.75) is 38.7 Å². The summed E-state index contributed by atoms with van der Waals surface area (Å²) in [5, 5.41) is 3.00. The Labute approximate surface area is 164 Å². The zero-order valence-corrected chi connectivity index (χ0v) is 17.1. The number of thioether (sulfide) groups is 1. The Hall–Kier alpha value is -2.19. The maximum atomic E-state index is 13.4. The van der Waals surface area contributed by atoms with Crippen LogP contribution in [0.3, 0.4) is 0 Å². The first kappa shape index (κ1) is 19.6. The summed E-state index contributed by atoms with van der Waals surface area (Å²) in [6, 6.07) is 4.28. The minimum absolute atomic E-state index is 0.148. The molecule has 1 aromatic carbocycles. The minimum Gasteiger partial charge on any atom is -0.325 e. The fourth-order valence-corrected chi connectivity index (χ4v) is 4.41. The van der Waals surface area contributed by atoms with Gasteiger partial charge in [-0.3, -0.25) is 9.59 Å². The van der Waals surface area contributed by atoms with Crippen LogP contribution in [0, 0.1) is 26.6 Å². The fourth-order valence-electron chi connectivity index (χ4n) is 2.61. The Morgan fingerprint density at radius 2 is 2.11 bits per heavy atom. The van der Waals surface area contributed by atoms with Crippen LogP contribution in [0.15, 0.2) is 23.0 Å². The number of rotatable bonds is 5. The molecule has 0 bridgehead atoms. The molecule has 1 amide bonds. The monoisotopic (exact) mass is 405 g/mol. The van der Waals surface area contributed by atoms with E-state index >= 15 is 0 Å². The number of nitrogens with zero attached hydrogens (tertiary/aromatic N) is 1. The van der Waals surface area contributed by atoms with Crippen LogP contribution in [0.4, 0.5) is 10.1 Å². The molecule has 2 heterocycles. The van der Waals surface area contributed by atoms with Gasteiger partial charge in [0.25, 0.3) is 5.56 Å². The number of halogens is 1. The van der Waals surface area contributed by atoms with Crippen LogP contribution in [0.2, 0.25) is 0 Å². The Kier molecular flexibility index (Phi) is 5.67. The number of aromatic amines is 1. The highest BCUT2D eigenvalue weighted by atomic mass is 32.2. The molecule has 142 valence electrons. The summed E-state index contributed by atoms with van der Waals surface area (Å²) in [6.45, 7) is 7.46. The number of thiophene rings is 1. The van der Waals surface area contributed by atoms with Gasteiger partial charge in [-0.05, 0) is 51.0 Å². The lowest BCUT2D eigenvalue weighted by Gasteiger charge is -2.13. The smallest absolute Gasteiger partial charge is 0.259 e. The van der Waals surface area contributed by atoms with Crippen LogP contribution in [-0.2, 0) is 10.5 Å². The van der Waals surface area contributed by atoms with Gasteiger partial charge in [0.05, 0.1) is 16.4 Å². The number of nitrogens with one attached hydrogen (secondary N) is 2. The molecule has 0 aliphatic carbocycles. The standard InChI is InChI=1S/C19H20FN3O2S2/c1-9-5-6-13(20)7-14(9)21-17(24)12(4)26-8-15-22-18(25)16-10(2)11(3)27-19(16)23-15/h5-7,12H,8H2,1-4H3,(H,21,24)(H,22,23,25)/t12-/m0/s1. The lowest BCUT2D eigenvalue weighted by Crippen LogP contribution is -2.23. The molecule has 2 aromatic heterocycles. The molecule has 27 heavy (non-hydrogen) atoms. The van der Waals surface area contributed by atoms with E-state index in [1.165, 1.54) is 35.2 Å². The van der Waals surface area contributed by atoms with Crippen LogP contribution in [0.25, 0.3) is 10.2 Å². The third kappa shape index (κ3) is 4.22. The lowest BCUT2D eigenvalue weighted by atomic mass is 10.2. The molecule has 5 nitrogen and oxygen atoms in total. The summed E-state index contributed by atoms with van der Waals surface area (Å²) in [4.78, 5) is 33.8. The highest BCUT2D eigenvalue weighted by molar-refractivity contribution is 7.99. The Balaban J connectivity index is 1.69. The molecule has 0 aliphatic rings. The number of carbonyl (C=O) groups is 1. The normalized spacial score (nSPS) is 12.3. The fraction of sp³-hybridized carbons (Fsp3) is 0.316. The molecule has 3 aromatic rings. The molecule has 0 aliphatic heterocycles. The topological polar surface area (TPSA) is 74.8 Å². The van der Waals surface area contributed by atoms with E-state index in [1.54, 1.807) is 13.0 Å². The summed E-state index contributed by atoms with van der Waals surface area (Å²) in [7, 11) is 0. The van der Waals surface area contributed by atoms with Crippen LogP contribution in [-0.4, -0.2) is 21.1 Å². The predicted octanol–water partition coefficient (Wildman–Crippen LogP) is 4.31. The summed E-state index contributed by atoms with van der Waals surface area (Å²) in [5.74, 6) is 0.325. The Bertz CT molecular complexity index is 1070. The van der Waals surface area contributed by atoms with E-state index in [-0.39, 0.29) is 16.7 Å². The van der Waals surface area contributed by atoms with Crippen LogP contribution < -0.4 is 10.9 Å². The van der Waals surface area contributed by atoms with Gasteiger partial charge in [0.15, 0.2) is 0 Å². The van der Waals surface area contributed by atoms with Crippen molar-refractivity contribution < 1.29 is 9.18 Å². The molecule has 0 saturated carbocycles. The van der Waals surface area contributed by atoms with Crippen molar-refractivity contribution >= 4 is 44.9 Å². The summed E-state index contributed by atoms with van der Waals surface area (Å²) >= 11 is 2.86. The van der Waals surface area contributed by atoms with Crippen molar-refractivity contribution in [2.24, 2.45) is 0 Å². The summed E-state index contributed by atoms with van der Waals surface area (Å²) in [6.07, 6.45) is 0. The highest BCUT2D eigenvalue weighted by Gasteiger charge is 2.17. The van der Waals surface area contributed by atoms with Crippen molar-refractivity contribution in [1.82, 2.24) is 9.97 Å². The van der Waals surface area contributed by atoms with E-state index in [1.807, 2.05) is 20.8 Å². The molecule has 0 spiro atoms. The van der Waals surface area contributed by atoms with E-state index in [4.69, 9.17) is 0 Å². The minimum atomic E-state index is -0.396. The van der Waals surface area contributed by atoms with Crippen LogP contribution in [0.5, 0.6) is 0 Å². The second kappa shape index (κ2) is 7.82. The van der Waals surface area contributed by atoms with Crippen molar-refractivity contribution in [3.63, 3.8) is 0 Å². The maximum Gasteiger partial charge on any atom is 0.259 e. The maximum absolute atomic E-state index is 13.4. The first-order valence-corrected chi connectivity index (χ1v) is 10.3. The molecule has 1 atom stereocenters. The van der Waals surface area contributed by atoms with Gasteiger partial charge in [-0.2, -0.15) is 0 Å². The number of hydrogen-bond donors (Lipinski definition) is 2. The average Bonchev–Trinajstić information content (AvgIpc) is 2.90. The predicted molar refractivity (Wildman–Crippen MR) is 110 cm³/mol. The van der Waals surface area contributed by atoms with Gasteiger partial charge < -0.3 is 10.3 Å². The lowest BCUT2D eigenvalue weighted by molar-refractivity contribution is -0.115. The number of H-pyrrole nitrogens is 1. The quantitative estimate of drug-likeness (QED) is 0.663. The van der Waals surface area contributed by atoms with Gasteiger partial charge in [0, 0.05) is 10.6 Å². The molecule has 0 unspecified atom stereocenters. The Morgan fingerprint density at radius 1 is 1.37 bits per heavy atom. The average molecular weight is 406 g/mol. The Morgan fingerprint density at radius 3 is 2.85 bits per heavy atom. The highest BCUT2D eigenvalue weighted by Crippen LogP contribution is 2.27. The molecule has 0 fully saturated rings. The number of anilines is 1. The van der Waals surface area contributed by atoms with E-state index < -0.39 is 5.82 Å². The molecule has 0 saturated heterocycles. The van der Waals surface area contributed by atoms with Crippen molar-refractivity contribution in [3.05, 3.63) is 56.2 Å². The second-order valence-corrected chi connectivity index (χ2v) is 8.91. The van der Waals surface area contributed by atoms with Gasteiger partial charge in [0.1, 0.15) is 16.5 Å². The van der Waals surface area contributed by atoms with Crippen LogP contribution in [0.1, 0.15) is 28.8 Å². The third-order valence-corrected chi connectivity index (χ3v) is 6.64. The number of aryl methyl sites for hydroxylation is 3. The number of carbonyl (C=O) groups excluding carboxylic acids is 1. The number of fused-ring (bicyclic) bond motifs is 1. The first-order chi connectivity index (χ1) is 12.8. The van der Waals surface area contributed by atoms with Gasteiger partial charge in [-0.25, -0.2) is 9.37 Å². The number of amides is 1. The van der Waals surface area contributed by atoms with Crippen LogP contribution >= 0.6 is 23.1 Å². The number of aromatic nitrogens is 2. The second-order valence-electron chi connectivity index (χ2n) is 6.38. The summed E-state index contributed by atoms with van der Waals surface area (Å²) in [5.41, 5.74) is 2.07. The van der Waals surface area contributed by atoms with Gasteiger partial charge in [-0.15, -0.1) is 23.1 Å². The van der Waals surface area contributed by atoms with E-state index in [0.29, 0.717) is 22.7 Å². The summed E-state index contributed by atoms with van der Waals surface area (Å²) < 4.78 is 13.4. The largest absolute Gasteiger partial charge is 0.325 e. The SMILES string of the molecule is Cc1ccc(F)cc1NC(=O)[C@H](C)SCc1nc2sc(C)c(C)c2c(=O)[nH]1. The molecular formula is C19H20FN3O2S2. The molecular weight excluding hydrogens is 385 g/mol. The zero-order chi connectivity index (χ0) is 19.7. The number of benzene rings is 1. The van der Waals surface area contributed by atoms with Crippen molar-refractivity contribution in [1.29, 1.82) is 0 Å². The molecule has 0 radical (unpaired) electrons. The van der Waals surface area contributed by atoms with E-state index in [0.717, 1.165) is 20.8 Å². The van der Waals surface area contributed by atoms with E-state index in [9.17, 15) is 14.0 Å². The zero-order valence-electron chi connectivity index (χ0n) is 15.5. The van der Waals surface area contributed by atoms with Gasteiger partial charge in [-0.1, -0.05) is 6.07 Å². The first-order valence-electron chi connectivity index (χ1n) is 8.43. The van der Waals surface area contributed by atoms with E-state index in [2.05, 4.69) is 15.3 Å². The van der Waals surface area contributed by atoms with Crippen molar-refractivity contribution in [2.75, 3.05) is 5.32 Å². The molecule has 2 N–H and O–H groups in total. The third-order valence-electron chi connectivity index (χ3n) is 4.38. The van der Waals surface area contributed by atoms with Gasteiger partial charge in [0.2, 0.25) is 5.91 Å². The number of hydrogen-bond acceptors (Lipinski definition) is 5. The molecule has 3 rings (SSSR count).